The van der Waals surface area contributed by atoms with Crippen molar-refractivity contribution in [3.05, 3.63) is 63.3 Å². The molecule has 0 aliphatic carbocycles. The lowest BCUT2D eigenvalue weighted by atomic mass is 10.2. The summed E-state index contributed by atoms with van der Waals surface area (Å²) in [5.41, 5.74) is 4.75. The van der Waals surface area contributed by atoms with E-state index in [0.29, 0.717) is 17.2 Å². The highest BCUT2D eigenvalue weighted by Crippen LogP contribution is 2.20. The number of hydrogen-bond donors (Lipinski definition) is 2. The van der Waals surface area contributed by atoms with E-state index in [9.17, 15) is 0 Å². The summed E-state index contributed by atoms with van der Waals surface area (Å²) in [6.45, 7) is 2.58. The largest absolute Gasteiger partial charge is 0.494 e. The molecule has 2 N–H and O–H groups in total. The van der Waals surface area contributed by atoms with Gasteiger partial charge in [0.1, 0.15) is 5.75 Å². The molecule has 25 heavy (non-hydrogen) atoms. The highest BCUT2D eigenvalue weighted by molar-refractivity contribution is 9.10. The van der Waals surface area contributed by atoms with Crippen molar-refractivity contribution in [3.63, 3.8) is 0 Å². The second kappa shape index (κ2) is 8.09. The number of halogens is 1. The molecule has 6 nitrogen and oxygen atoms in total. The van der Waals surface area contributed by atoms with E-state index in [0.717, 1.165) is 21.3 Å². The van der Waals surface area contributed by atoms with Crippen molar-refractivity contribution in [1.82, 2.24) is 14.9 Å². The molecule has 1 aromatic heterocycles. The molecule has 3 rings (SSSR count). The number of benzene rings is 2. The molecule has 0 spiro atoms. The fraction of sp³-hybridized carbons (Fsp3) is 0.118. The van der Waals surface area contributed by atoms with E-state index in [4.69, 9.17) is 17.0 Å². The van der Waals surface area contributed by atoms with Crippen molar-refractivity contribution < 1.29 is 4.74 Å². The SMILES string of the molecule is CCOc1ccc(-c2n[nH]c(=S)n2N/N=C/c2ccccc2Br)cc1. The van der Waals surface area contributed by atoms with Crippen LogP contribution in [0.25, 0.3) is 11.4 Å². The van der Waals surface area contributed by atoms with Gasteiger partial charge in [0.05, 0.1) is 12.8 Å². The molecule has 0 saturated carbocycles. The number of H-pyrrole nitrogens is 1. The van der Waals surface area contributed by atoms with Gasteiger partial charge in [-0.3, -0.25) is 0 Å². The van der Waals surface area contributed by atoms with Crippen LogP contribution in [0.4, 0.5) is 0 Å². The monoisotopic (exact) mass is 417 g/mol. The molecule has 2 aromatic carbocycles. The molecular weight excluding hydrogens is 402 g/mol. The molecule has 0 aliphatic heterocycles. The smallest absolute Gasteiger partial charge is 0.216 e. The normalized spacial score (nSPS) is 11.0. The third-order valence-corrected chi connectivity index (χ3v) is 4.36. The minimum atomic E-state index is 0.424. The van der Waals surface area contributed by atoms with Gasteiger partial charge in [0.25, 0.3) is 0 Å². The molecule has 0 bridgehead atoms. The Morgan fingerprint density at radius 1 is 1.28 bits per heavy atom. The number of nitrogens with one attached hydrogen (secondary N) is 2. The van der Waals surface area contributed by atoms with Gasteiger partial charge in [-0.25, -0.2) is 10.6 Å². The highest BCUT2D eigenvalue weighted by Gasteiger charge is 2.08. The maximum atomic E-state index is 5.46. The van der Waals surface area contributed by atoms with Gasteiger partial charge >= 0.3 is 0 Å². The quantitative estimate of drug-likeness (QED) is 0.355. The first-order valence-electron chi connectivity index (χ1n) is 7.63. The second-order valence-electron chi connectivity index (χ2n) is 5.02. The Morgan fingerprint density at radius 3 is 2.76 bits per heavy atom. The Hall–Kier alpha value is -2.45. The zero-order chi connectivity index (χ0) is 17.6. The van der Waals surface area contributed by atoms with E-state index in [1.165, 1.54) is 0 Å². The molecule has 3 aromatic rings. The number of aromatic amines is 1. The number of ether oxygens (including phenoxy) is 1. The van der Waals surface area contributed by atoms with Gasteiger partial charge in [0.2, 0.25) is 4.77 Å². The molecule has 1 heterocycles. The van der Waals surface area contributed by atoms with Gasteiger partial charge in [-0.15, -0.1) is 0 Å². The average Bonchev–Trinajstić information content (AvgIpc) is 2.98. The van der Waals surface area contributed by atoms with Crippen LogP contribution in [0.5, 0.6) is 5.75 Å². The second-order valence-corrected chi connectivity index (χ2v) is 6.27. The van der Waals surface area contributed by atoms with Crippen molar-refractivity contribution >= 4 is 34.4 Å². The van der Waals surface area contributed by atoms with E-state index in [1.54, 1.807) is 10.9 Å². The Morgan fingerprint density at radius 2 is 2.04 bits per heavy atom. The molecule has 8 heteroatoms. The van der Waals surface area contributed by atoms with Gasteiger partial charge in [-0.1, -0.05) is 34.1 Å². The van der Waals surface area contributed by atoms with Crippen LogP contribution in [0.15, 0.2) is 58.1 Å². The van der Waals surface area contributed by atoms with Crippen LogP contribution in [0.1, 0.15) is 12.5 Å². The maximum Gasteiger partial charge on any atom is 0.216 e. The van der Waals surface area contributed by atoms with Crippen LogP contribution in [-0.4, -0.2) is 27.7 Å². The van der Waals surface area contributed by atoms with Gasteiger partial charge in [0, 0.05) is 15.6 Å². The molecule has 128 valence electrons. The Labute approximate surface area is 158 Å². The molecule has 0 radical (unpaired) electrons. The van der Waals surface area contributed by atoms with E-state index in [1.807, 2.05) is 55.5 Å². The fourth-order valence-electron chi connectivity index (χ4n) is 2.19. The van der Waals surface area contributed by atoms with Gasteiger partial charge in [-0.2, -0.15) is 14.9 Å². The first-order valence-corrected chi connectivity index (χ1v) is 8.83. The summed E-state index contributed by atoms with van der Waals surface area (Å²) >= 11 is 8.75. The van der Waals surface area contributed by atoms with Crippen molar-refractivity contribution in [3.8, 4) is 17.1 Å². The molecular formula is C17H16BrN5OS. The number of hydrogen-bond acceptors (Lipinski definition) is 5. The predicted molar refractivity (Wildman–Crippen MR) is 105 cm³/mol. The highest BCUT2D eigenvalue weighted by atomic mass is 79.9. The van der Waals surface area contributed by atoms with Crippen molar-refractivity contribution in [1.29, 1.82) is 0 Å². The fourth-order valence-corrected chi connectivity index (χ4v) is 2.75. The minimum Gasteiger partial charge on any atom is -0.494 e. The summed E-state index contributed by atoms with van der Waals surface area (Å²) in [6.07, 6.45) is 1.71. The molecule has 0 atom stereocenters. The topological polar surface area (TPSA) is 67.2 Å². The molecule has 0 aliphatic rings. The lowest BCUT2D eigenvalue weighted by molar-refractivity contribution is 0.340. The Bertz CT molecular complexity index is 933. The number of hydrazone groups is 1. The summed E-state index contributed by atoms with van der Waals surface area (Å²) in [6, 6.07) is 15.4. The summed E-state index contributed by atoms with van der Waals surface area (Å²) in [5.74, 6) is 1.45. The standard InChI is InChI=1S/C17H16BrN5OS/c1-2-24-14-9-7-12(8-10-14)16-20-21-17(25)23(16)22-19-11-13-5-3-4-6-15(13)18/h3-11,22H,2H2,1H3,(H,21,25)/b19-11+. The molecule has 0 saturated heterocycles. The first-order chi connectivity index (χ1) is 12.2. The van der Waals surface area contributed by atoms with E-state index in [2.05, 4.69) is 36.8 Å². The zero-order valence-electron chi connectivity index (χ0n) is 13.4. The van der Waals surface area contributed by atoms with Crippen LogP contribution >= 0.6 is 28.1 Å². The number of aromatic nitrogens is 3. The molecule has 0 amide bonds. The van der Waals surface area contributed by atoms with Crippen molar-refractivity contribution in [2.24, 2.45) is 5.10 Å². The van der Waals surface area contributed by atoms with E-state index < -0.39 is 0 Å². The third kappa shape index (κ3) is 4.15. The van der Waals surface area contributed by atoms with E-state index in [-0.39, 0.29) is 0 Å². The predicted octanol–water partition coefficient (Wildman–Crippen LogP) is 4.35. The lowest BCUT2D eigenvalue weighted by Crippen LogP contribution is -2.10. The van der Waals surface area contributed by atoms with Gasteiger partial charge in [-0.05, 0) is 49.5 Å². The molecule has 0 fully saturated rings. The van der Waals surface area contributed by atoms with Crippen molar-refractivity contribution in [2.45, 2.75) is 6.92 Å². The lowest BCUT2D eigenvalue weighted by Gasteiger charge is -2.07. The zero-order valence-corrected chi connectivity index (χ0v) is 15.8. The van der Waals surface area contributed by atoms with Gasteiger partial charge < -0.3 is 4.74 Å². The average molecular weight is 418 g/mol. The van der Waals surface area contributed by atoms with Crippen LogP contribution in [-0.2, 0) is 0 Å². The maximum absolute atomic E-state index is 5.46. The summed E-state index contributed by atoms with van der Waals surface area (Å²) in [4.78, 5) is 0. The summed E-state index contributed by atoms with van der Waals surface area (Å²) in [7, 11) is 0. The minimum absolute atomic E-state index is 0.424. The summed E-state index contributed by atoms with van der Waals surface area (Å²) in [5, 5.41) is 11.3. The van der Waals surface area contributed by atoms with E-state index >= 15 is 0 Å². The van der Waals surface area contributed by atoms with Crippen LogP contribution in [0.2, 0.25) is 0 Å². The molecule has 0 unspecified atom stereocenters. The number of nitrogens with zero attached hydrogens (tertiary/aromatic N) is 3. The van der Waals surface area contributed by atoms with Crippen LogP contribution < -0.4 is 10.3 Å². The number of rotatable bonds is 6. The third-order valence-electron chi connectivity index (χ3n) is 3.36. The Kier molecular flexibility index (Phi) is 5.62. The van der Waals surface area contributed by atoms with Crippen LogP contribution in [0, 0.1) is 4.77 Å². The van der Waals surface area contributed by atoms with Crippen LogP contribution in [0.3, 0.4) is 0 Å². The Balaban J connectivity index is 1.82. The van der Waals surface area contributed by atoms with Gasteiger partial charge in [0.15, 0.2) is 5.82 Å². The first kappa shape index (κ1) is 17.4. The summed E-state index contributed by atoms with van der Waals surface area (Å²) < 4.78 is 8.45. The van der Waals surface area contributed by atoms with Crippen molar-refractivity contribution in [2.75, 3.05) is 12.1 Å².